The summed E-state index contributed by atoms with van der Waals surface area (Å²) in [4.78, 5) is 38.3. The number of ether oxygens (including phenoxy) is 1. The molecule has 0 spiro atoms. The lowest BCUT2D eigenvalue weighted by Gasteiger charge is -2.11. The van der Waals surface area contributed by atoms with Crippen molar-refractivity contribution in [2.75, 3.05) is 12.4 Å². The number of Topliss-reactive ketones (excluding diaryl/α,β-unsaturated/α-hetero) is 1. The van der Waals surface area contributed by atoms with E-state index in [2.05, 4.69) is 10.3 Å². The van der Waals surface area contributed by atoms with E-state index in [0.29, 0.717) is 22.5 Å². The number of methoxy groups -OCH3 is 1. The number of benzene rings is 2. The molecule has 2 aromatic carbocycles. The number of para-hydroxylation sites is 2. The van der Waals surface area contributed by atoms with E-state index in [4.69, 9.17) is 17.0 Å². The summed E-state index contributed by atoms with van der Waals surface area (Å²) in [5.74, 6) is -0.731. The molecule has 0 radical (unpaired) electrons. The third-order valence-corrected chi connectivity index (χ3v) is 4.45. The van der Waals surface area contributed by atoms with Crippen molar-refractivity contribution in [1.82, 2.24) is 9.55 Å². The summed E-state index contributed by atoms with van der Waals surface area (Å²) < 4.78 is 6.74. The van der Waals surface area contributed by atoms with Crippen molar-refractivity contribution < 1.29 is 19.2 Å². The summed E-state index contributed by atoms with van der Waals surface area (Å²) in [6.07, 6.45) is 1.26. The first-order chi connectivity index (χ1) is 13.8. The van der Waals surface area contributed by atoms with Crippen molar-refractivity contribution in [3.05, 3.63) is 62.9 Å². The van der Waals surface area contributed by atoms with Gasteiger partial charge in [-0.05, 0) is 37.3 Å². The van der Waals surface area contributed by atoms with Gasteiger partial charge in [0.25, 0.3) is 11.6 Å². The standard InChI is InChI=1S/C19H16N4O5S/c1-11(24)13(18(25)20-15-5-3-4-6-17(15)28-2)10-22-16-9-12(23(26)27)7-8-14(16)21-19(22)29/h3-10H,1-2H3,(H,20,25)(H,21,29)/b13-10-. The molecule has 0 aliphatic heterocycles. The summed E-state index contributed by atoms with van der Waals surface area (Å²) in [6, 6.07) is 10.9. The highest BCUT2D eigenvalue weighted by Crippen LogP contribution is 2.25. The number of nitrogens with zero attached hydrogens (tertiary/aromatic N) is 2. The van der Waals surface area contributed by atoms with Crippen LogP contribution >= 0.6 is 12.2 Å². The molecule has 2 N–H and O–H groups in total. The van der Waals surface area contributed by atoms with E-state index < -0.39 is 16.6 Å². The van der Waals surface area contributed by atoms with Crippen LogP contribution in [0, 0.1) is 14.9 Å². The van der Waals surface area contributed by atoms with E-state index in [-0.39, 0.29) is 16.0 Å². The van der Waals surface area contributed by atoms with Crippen molar-refractivity contribution in [2.45, 2.75) is 6.92 Å². The lowest BCUT2D eigenvalue weighted by Crippen LogP contribution is -2.20. The Labute approximate surface area is 169 Å². The second-order valence-electron chi connectivity index (χ2n) is 6.01. The predicted molar refractivity (Wildman–Crippen MR) is 110 cm³/mol. The second-order valence-corrected chi connectivity index (χ2v) is 6.40. The molecule has 0 saturated carbocycles. The number of H-pyrrole nitrogens is 1. The second kappa shape index (κ2) is 8.07. The number of amides is 1. The Kier molecular flexibility index (Phi) is 5.55. The molecule has 0 saturated heterocycles. The zero-order chi connectivity index (χ0) is 21.1. The first-order valence-electron chi connectivity index (χ1n) is 8.37. The monoisotopic (exact) mass is 412 g/mol. The molecular weight excluding hydrogens is 396 g/mol. The lowest BCUT2D eigenvalue weighted by molar-refractivity contribution is -0.384. The number of nitro groups is 1. The SMILES string of the molecule is COc1ccccc1NC(=O)/C(=C\n1c(=S)[nH]c2ccc([N+](=O)[O-])cc21)C(C)=O. The highest BCUT2D eigenvalue weighted by Gasteiger charge is 2.18. The fraction of sp³-hybridized carbons (Fsp3) is 0.105. The van der Waals surface area contributed by atoms with Gasteiger partial charge in [-0.1, -0.05) is 12.1 Å². The van der Waals surface area contributed by atoms with Gasteiger partial charge in [-0.2, -0.15) is 0 Å². The molecule has 148 valence electrons. The average Bonchev–Trinajstić information content (AvgIpc) is 3.00. The Bertz CT molecular complexity index is 1220. The van der Waals surface area contributed by atoms with Crippen LogP contribution in [0.1, 0.15) is 6.92 Å². The Morgan fingerprint density at radius 3 is 2.66 bits per heavy atom. The molecule has 0 fully saturated rings. The fourth-order valence-corrected chi connectivity index (χ4v) is 2.99. The van der Waals surface area contributed by atoms with Gasteiger partial charge in [0, 0.05) is 18.3 Å². The molecule has 10 heteroatoms. The van der Waals surface area contributed by atoms with Crippen molar-refractivity contribution in [1.29, 1.82) is 0 Å². The van der Waals surface area contributed by atoms with E-state index in [1.807, 2.05) is 0 Å². The summed E-state index contributed by atoms with van der Waals surface area (Å²) in [6.45, 7) is 1.24. The molecule has 0 atom stereocenters. The van der Waals surface area contributed by atoms with Crippen LogP contribution in [-0.2, 0) is 9.59 Å². The number of imidazole rings is 1. The first-order valence-corrected chi connectivity index (χ1v) is 8.78. The Morgan fingerprint density at radius 2 is 2.00 bits per heavy atom. The number of fused-ring (bicyclic) bond motifs is 1. The minimum Gasteiger partial charge on any atom is -0.495 e. The summed E-state index contributed by atoms with van der Waals surface area (Å²) in [5.41, 5.74) is 0.971. The van der Waals surface area contributed by atoms with E-state index in [0.717, 1.165) is 0 Å². The topological polar surface area (TPSA) is 119 Å². The van der Waals surface area contributed by atoms with Crippen LogP contribution in [0.5, 0.6) is 5.75 Å². The van der Waals surface area contributed by atoms with Gasteiger partial charge < -0.3 is 15.0 Å². The van der Waals surface area contributed by atoms with Gasteiger partial charge in [-0.3, -0.25) is 24.3 Å². The van der Waals surface area contributed by atoms with Crippen molar-refractivity contribution in [3.8, 4) is 5.75 Å². The smallest absolute Gasteiger partial charge is 0.271 e. The maximum absolute atomic E-state index is 12.7. The highest BCUT2D eigenvalue weighted by atomic mass is 32.1. The van der Waals surface area contributed by atoms with Gasteiger partial charge in [-0.25, -0.2) is 0 Å². The molecule has 0 unspecified atom stereocenters. The van der Waals surface area contributed by atoms with E-state index in [1.165, 1.54) is 43.0 Å². The maximum atomic E-state index is 12.7. The van der Waals surface area contributed by atoms with E-state index in [1.54, 1.807) is 24.3 Å². The number of nitrogens with one attached hydrogen (secondary N) is 2. The molecule has 3 aromatic rings. The van der Waals surface area contributed by atoms with Crippen LogP contribution in [0.4, 0.5) is 11.4 Å². The van der Waals surface area contributed by atoms with Gasteiger partial charge in [-0.15, -0.1) is 0 Å². The van der Waals surface area contributed by atoms with Gasteiger partial charge >= 0.3 is 0 Å². The molecule has 0 bridgehead atoms. The van der Waals surface area contributed by atoms with Gasteiger partial charge in [0.05, 0.1) is 34.3 Å². The number of carbonyl (C=O) groups is 2. The molecule has 1 aromatic heterocycles. The number of aromatic nitrogens is 2. The number of hydrogen-bond donors (Lipinski definition) is 2. The predicted octanol–water partition coefficient (Wildman–Crippen LogP) is 3.68. The minimum absolute atomic E-state index is 0.142. The molecule has 1 amide bonds. The van der Waals surface area contributed by atoms with Crippen molar-refractivity contribution >= 4 is 52.5 Å². The van der Waals surface area contributed by atoms with Gasteiger partial charge in [0.15, 0.2) is 10.6 Å². The number of hydrogen-bond acceptors (Lipinski definition) is 6. The van der Waals surface area contributed by atoms with Crippen LogP contribution < -0.4 is 10.1 Å². The number of anilines is 1. The number of ketones is 1. The first kappa shape index (κ1) is 20.0. The van der Waals surface area contributed by atoms with Gasteiger partial charge in [0.1, 0.15) is 5.75 Å². The average molecular weight is 412 g/mol. The van der Waals surface area contributed by atoms with Crippen molar-refractivity contribution in [2.24, 2.45) is 0 Å². The van der Waals surface area contributed by atoms with Crippen LogP contribution in [-0.4, -0.2) is 33.3 Å². The number of aromatic amines is 1. The normalized spacial score (nSPS) is 11.3. The van der Waals surface area contributed by atoms with Gasteiger partial charge in [0.2, 0.25) is 0 Å². The fourth-order valence-electron chi connectivity index (χ4n) is 2.73. The largest absolute Gasteiger partial charge is 0.495 e. The minimum atomic E-state index is -0.663. The van der Waals surface area contributed by atoms with E-state index in [9.17, 15) is 19.7 Å². The third-order valence-electron chi connectivity index (χ3n) is 4.15. The number of non-ortho nitro benzene ring substituents is 1. The maximum Gasteiger partial charge on any atom is 0.271 e. The molecule has 29 heavy (non-hydrogen) atoms. The third kappa shape index (κ3) is 4.06. The molecule has 0 aliphatic rings. The molecule has 9 nitrogen and oxygen atoms in total. The molecule has 3 rings (SSSR count). The zero-order valence-corrected chi connectivity index (χ0v) is 16.3. The summed E-state index contributed by atoms with van der Waals surface area (Å²) in [5, 5.41) is 13.7. The number of rotatable bonds is 6. The van der Waals surface area contributed by atoms with Crippen LogP contribution in [0.15, 0.2) is 48.0 Å². The Balaban J connectivity index is 2.07. The molecular formula is C19H16N4O5S. The summed E-state index contributed by atoms with van der Waals surface area (Å²) >= 11 is 5.25. The molecule has 0 aliphatic carbocycles. The number of carbonyl (C=O) groups excluding carboxylic acids is 2. The van der Waals surface area contributed by atoms with Crippen LogP contribution in [0.25, 0.3) is 17.2 Å². The summed E-state index contributed by atoms with van der Waals surface area (Å²) in [7, 11) is 1.46. The quantitative estimate of drug-likeness (QED) is 0.159. The lowest BCUT2D eigenvalue weighted by atomic mass is 10.1. The zero-order valence-electron chi connectivity index (χ0n) is 15.5. The van der Waals surface area contributed by atoms with Crippen molar-refractivity contribution in [3.63, 3.8) is 0 Å². The van der Waals surface area contributed by atoms with E-state index >= 15 is 0 Å². The van der Waals surface area contributed by atoms with Crippen LogP contribution in [0.3, 0.4) is 0 Å². The van der Waals surface area contributed by atoms with Crippen LogP contribution in [0.2, 0.25) is 0 Å². The Hall–Kier alpha value is -3.79. The molecule has 1 heterocycles. The highest BCUT2D eigenvalue weighted by molar-refractivity contribution is 7.71. The number of nitro benzene ring substituents is 1. The Morgan fingerprint density at radius 1 is 1.28 bits per heavy atom.